The predicted octanol–water partition coefficient (Wildman–Crippen LogP) is 2.26. The van der Waals surface area contributed by atoms with E-state index in [1.807, 2.05) is 16.7 Å². The van der Waals surface area contributed by atoms with Crippen molar-refractivity contribution in [3.63, 3.8) is 0 Å². The second kappa shape index (κ2) is 7.36. The Labute approximate surface area is 141 Å². The number of rotatable bonds is 5. The second-order valence-corrected chi connectivity index (χ2v) is 7.36. The van der Waals surface area contributed by atoms with E-state index >= 15 is 0 Å². The van der Waals surface area contributed by atoms with Crippen LogP contribution in [0.4, 0.5) is 0 Å². The van der Waals surface area contributed by atoms with E-state index in [0.717, 1.165) is 42.8 Å². The van der Waals surface area contributed by atoms with E-state index in [2.05, 4.69) is 29.5 Å². The number of hydrogen-bond donors (Lipinski definition) is 2. The van der Waals surface area contributed by atoms with Crippen LogP contribution in [0.15, 0.2) is 24.5 Å². The fourth-order valence-electron chi connectivity index (χ4n) is 3.01. The molecule has 2 heterocycles. The smallest absolute Gasteiger partial charge is 0.230 e. The quantitative estimate of drug-likeness (QED) is 0.881. The zero-order chi connectivity index (χ0) is 16.2. The van der Waals surface area contributed by atoms with Gasteiger partial charge in [-0.05, 0) is 44.2 Å². The summed E-state index contributed by atoms with van der Waals surface area (Å²) >= 11 is 1.61. The Bertz CT molecular complexity index is 676. The first-order chi connectivity index (χ1) is 11.1. The van der Waals surface area contributed by atoms with Crippen molar-refractivity contribution in [1.29, 1.82) is 0 Å². The average Bonchev–Trinajstić information content (AvgIpc) is 2.91. The normalized spacial score (nSPS) is 21.5. The first-order valence-corrected chi connectivity index (χ1v) is 9.32. The number of imidazole rings is 1. The maximum Gasteiger partial charge on any atom is 0.230 e. The third-order valence-electron chi connectivity index (χ3n) is 4.27. The van der Waals surface area contributed by atoms with Crippen LogP contribution in [-0.2, 0) is 10.5 Å². The van der Waals surface area contributed by atoms with Gasteiger partial charge in [-0.2, -0.15) is 0 Å². The van der Waals surface area contributed by atoms with Gasteiger partial charge in [0.2, 0.25) is 5.91 Å². The number of pyridine rings is 1. The summed E-state index contributed by atoms with van der Waals surface area (Å²) < 4.78 is 2.04. The highest BCUT2D eigenvalue weighted by atomic mass is 32.2. The number of nitrogens with one attached hydrogen (secondary N) is 1. The number of aromatic nitrogens is 2. The van der Waals surface area contributed by atoms with Gasteiger partial charge in [0.15, 0.2) is 0 Å². The van der Waals surface area contributed by atoms with Gasteiger partial charge in [0, 0.05) is 30.2 Å². The molecule has 0 unspecified atom stereocenters. The number of nitrogens with zero attached hydrogens (tertiary/aromatic N) is 2. The first kappa shape index (κ1) is 16.3. The molecule has 1 aliphatic carbocycles. The predicted molar refractivity (Wildman–Crippen MR) is 94.5 cm³/mol. The van der Waals surface area contributed by atoms with Crippen LogP contribution < -0.4 is 11.1 Å². The molecule has 2 aromatic rings. The molecule has 1 fully saturated rings. The Hall–Kier alpha value is -1.53. The molecule has 3 rings (SSSR count). The summed E-state index contributed by atoms with van der Waals surface area (Å²) in [5, 5.41) is 3.12. The van der Waals surface area contributed by atoms with E-state index in [4.69, 9.17) is 5.73 Å². The molecule has 0 atom stereocenters. The van der Waals surface area contributed by atoms with Gasteiger partial charge in [0.1, 0.15) is 5.65 Å². The number of aryl methyl sites for hydroxylation is 1. The van der Waals surface area contributed by atoms with Crippen LogP contribution in [0.2, 0.25) is 0 Å². The Morgan fingerprint density at radius 1 is 1.35 bits per heavy atom. The molecule has 3 N–H and O–H groups in total. The number of amides is 1. The van der Waals surface area contributed by atoms with Crippen molar-refractivity contribution in [2.45, 2.75) is 50.4 Å². The van der Waals surface area contributed by atoms with Crippen molar-refractivity contribution in [2.75, 3.05) is 5.75 Å². The standard InChI is InChI=1S/C17H24N4OS/c1-12-2-7-16-19-15(9-21(16)8-12)10-23-11-17(22)20-14-5-3-13(18)4-6-14/h2,7-9,13-14H,3-6,10-11,18H2,1H3,(H,20,22). The zero-order valence-corrected chi connectivity index (χ0v) is 14.3. The van der Waals surface area contributed by atoms with Crippen molar-refractivity contribution >= 4 is 23.3 Å². The second-order valence-electron chi connectivity index (χ2n) is 6.38. The molecule has 5 nitrogen and oxygen atoms in total. The topological polar surface area (TPSA) is 72.4 Å². The molecular formula is C17H24N4OS. The molecule has 124 valence electrons. The van der Waals surface area contributed by atoms with Crippen LogP contribution in [0.1, 0.15) is 36.9 Å². The van der Waals surface area contributed by atoms with Crippen molar-refractivity contribution in [2.24, 2.45) is 5.73 Å². The lowest BCUT2D eigenvalue weighted by Gasteiger charge is -2.26. The number of thioether (sulfide) groups is 1. The minimum absolute atomic E-state index is 0.120. The molecular weight excluding hydrogens is 308 g/mol. The lowest BCUT2D eigenvalue weighted by molar-refractivity contribution is -0.119. The van der Waals surface area contributed by atoms with E-state index in [0.29, 0.717) is 17.8 Å². The molecule has 0 bridgehead atoms. The van der Waals surface area contributed by atoms with Gasteiger partial charge in [-0.15, -0.1) is 11.8 Å². The van der Waals surface area contributed by atoms with E-state index in [1.54, 1.807) is 11.8 Å². The summed E-state index contributed by atoms with van der Waals surface area (Å²) in [6.07, 6.45) is 8.14. The molecule has 0 aliphatic heterocycles. The monoisotopic (exact) mass is 332 g/mol. The van der Waals surface area contributed by atoms with E-state index in [9.17, 15) is 4.79 Å². The Balaban J connectivity index is 1.44. The van der Waals surface area contributed by atoms with Crippen LogP contribution in [0, 0.1) is 6.92 Å². The third-order valence-corrected chi connectivity index (χ3v) is 5.24. The third kappa shape index (κ3) is 4.48. The Kier molecular flexibility index (Phi) is 5.23. The molecule has 6 heteroatoms. The van der Waals surface area contributed by atoms with Crippen molar-refractivity contribution in [3.8, 4) is 0 Å². The lowest BCUT2D eigenvalue weighted by Crippen LogP contribution is -2.41. The van der Waals surface area contributed by atoms with Crippen LogP contribution in [0.3, 0.4) is 0 Å². The maximum atomic E-state index is 12.0. The highest BCUT2D eigenvalue weighted by molar-refractivity contribution is 7.99. The average molecular weight is 332 g/mol. The van der Waals surface area contributed by atoms with Gasteiger partial charge in [0.25, 0.3) is 0 Å². The summed E-state index contributed by atoms with van der Waals surface area (Å²) in [5.74, 6) is 1.36. The first-order valence-electron chi connectivity index (χ1n) is 8.17. The molecule has 1 aliphatic rings. The number of fused-ring (bicyclic) bond motifs is 1. The number of hydrogen-bond acceptors (Lipinski definition) is 4. The zero-order valence-electron chi connectivity index (χ0n) is 13.5. The molecule has 0 radical (unpaired) electrons. The van der Waals surface area contributed by atoms with E-state index in [-0.39, 0.29) is 5.91 Å². The number of nitrogens with two attached hydrogens (primary N) is 1. The Morgan fingerprint density at radius 3 is 2.91 bits per heavy atom. The minimum atomic E-state index is 0.120. The Morgan fingerprint density at radius 2 is 2.13 bits per heavy atom. The molecule has 2 aromatic heterocycles. The number of carbonyl (C=O) groups excluding carboxylic acids is 1. The molecule has 0 spiro atoms. The lowest BCUT2D eigenvalue weighted by atomic mass is 9.92. The van der Waals surface area contributed by atoms with E-state index < -0.39 is 0 Å². The fourth-order valence-corrected chi connectivity index (χ4v) is 3.73. The van der Waals surface area contributed by atoms with Gasteiger partial charge in [0.05, 0.1) is 11.4 Å². The van der Waals surface area contributed by atoms with Crippen LogP contribution in [-0.4, -0.2) is 33.1 Å². The summed E-state index contributed by atoms with van der Waals surface area (Å²) in [7, 11) is 0. The molecule has 0 aromatic carbocycles. The highest BCUT2D eigenvalue weighted by Crippen LogP contribution is 2.18. The summed E-state index contributed by atoms with van der Waals surface area (Å²) in [4.78, 5) is 16.6. The SMILES string of the molecule is Cc1ccc2nc(CSCC(=O)NC3CCC(N)CC3)cn2c1. The maximum absolute atomic E-state index is 12.0. The van der Waals surface area contributed by atoms with Crippen molar-refractivity contribution in [1.82, 2.24) is 14.7 Å². The van der Waals surface area contributed by atoms with Gasteiger partial charge in [-0.25, -0.2) is 4.98 Å². The molecule has 23 heavy (non-hydrogen) atoms. The fraction of sp³-hybridized carbons (Fsp3) is 0.529. The molecule has 0 saturated heterocycles. The number of carbonyl (C=O) groups is 1. The van der Waals surface area contributed by atoms with E-state index in [1.165, 1.54) is 5.56 Å². The van der Waals surface area contributed by atoms with Crippen molar-refractivity contribution in [3.05, 3.63) is 35.8 Å². The van der Waals surface area contributed by atoms with Gasteiger partial charge in [-0.3, -0.25) is 4.79 Å². The van der Waals surface area contributed by atoms with Crippen LogP contribution in [0.5, 0.6) is 0 Å². The van der Waals surface area contributed by atoms with Crippen LogP contribution >= 0.6 is 11.8 Å². The van der Waals surface area contributed by atoms with Gasteiger partial charge in [-0.1, -0.05) is 6.07 Å². The molecule has 1 saturated carbocycles. The minimum Gasteiger partial charge on any atom is -0.353 e. The highest BCUT2D eigenvalue weighted by Gasteiger charge is 2.19. The summed E-state index contributed by atoms with van der Waals surface area (Å²) in [6.45, 7) is 2.07. The van der Waals surface area contributed by atoms with Gasteiger partial charge < -0.3 is 15.5 Å². The molecule has 1 amide bonds. The summed E-state index contributed by atoms with van der Waals surface area (Å²) in [5.41, 5.74) is 9.06. The van der Waals surface area contributed by atoms with Crippen molar-refractivity contribution < 1.29 is 4.79 Å². The largest absolute Gasteiger partial charge is 0.353 e. The van der Waals surface area contributed by atoms with Gasteiger partial charge >= 0.3 is 0 Å². The summed E-state index contributed by atoms with van der Waals surface area (Å²) in [6, 6.07) is 4.70. The van der Waals surface area contributed by atoms with Crippen LogP contribution in [0.25, 0.3) is 5.65 Å².